The lowest BCUT2D eigenvalue weighted by Gasteiger charge is -2.23. The van der Waals surface area contributed by atoms with E-state index >= 15 is 0 Å². The summed E-state index contributed by atoms with van der Waals surface area (Å²) in [6.07, 6.45) is -1.43. The van der Waals surface area contributed by atoms with Crippen molar-refractivity contribution in [3.05, 3.63) is 82.5 Å². The molecule has 0 bridgehead atoms. The van der Waals surface area contributed by atoms with Gasteiger partial charge in [0.1, 0.15) is 17.7 Å². The SMILES string of the molecule is C[C@H](NC(=O)[C@@H](O)c1ccc(C(C)(C)C)cc1)C(=O)Nc1cc(C(C)(C)c2cc(F)cc(F)c2)[nH]n1. The van der Waals surface area contributed by atoms with Gasteiger partial charge in [0.2, 0.25) is 5.91 Å². The van der Waals surface area contributed by atoms with Gasteiger partial charge in [-0.25, -0.2) is 8.78 Å². The van der Waals surface area contributed by atoms with Crippen LogP contribution in [0.25, 0.3) is 0 Å². The van der Waals surface area contributed by atoms with Crippen LogP contribution >= 0.6 is 0 Å². The van der Waals surface area contributed by atoms with E-state index in [9.17, 15) is 23.5 Å². The molecule has 2 aromatic carbocycles. The van der Waals surface area contributed by atoms with E-state index in [-0.39, 0.29) is 11.2 Å². The quantitative estimate of drug-likeness (QED) is 0.385. The van der Waals surface area contributed by atoms with E-state index in [1.54, 1.807) is 32.0 Å². The molecule has 0 radical (unpaired) electrons. The van der Waals surface area contributed by atoms with E-state index in [0.717, 1.165) is 11.6 Å². The second-order valence-corrected chi connectivity index (χ2v) is 10.4. The standard InChI is InChI=1S/C27H32F2N4O3/c1-15(30-25(36)23(34)16-7-9-17(10-8-16)26(2,3)4)24(35)31-22-14-21(32-33-22)27(5,6)18-11-19(28)13-20(29)12-18/h7-15,23,34H,1-6H3,(H,30,36)(H2,31,32,33,35)/t15-,23-/m0/s1. The lowest BCUT2D eigenvalue weighted by molar-refractivity contribution is -0.132. The molecule has 0 aliphatic heterocycles. The van der Waals surface area contributed by atoms with Crippen molar-refractivity contribution < 1.29 is 23.5 Å². The van der Waals surface area contributed by atoms with E-state index in [1.165, 1.54) is 19.1 Å². The van der Waals surface area contributed by atoms with Gasteiger partial charge >= 0.3 is 0 Å². The van der Waals surface area contributed by atoms with Gasteiger partial charge < -0.3 is 15.7 Å². The third-order valence-corrected chi connectivity index (χ3v) is 6.18. The minimum absolute atomic E-state index is 0.0623. The van der Waals surface area contributed by atoms with Crippen LogP contribution in [0.1, 0.15) is 70.0 Å². The maximum absolute atomic E-state index is 13.7. The van der Waals surface area contributed by atoms with Crippen LogP contribution in [0.3, 0.4) is 0 Å². The van der Waals surface area contributed by atoms with Crippen LogP contribution in [-0.4, -0.2) is 33.2 Å². The molecule has 0 aliphatic carbocycles. The van der Waals surface area contributed by atoms with Gasteiger partial charge in [0, 0.05) is 23.2 Å². The van der Waals surface area contributed by atoms with Crippen molar-refractivity contribution in [2.45, 2.75) is 64.5 Å². The molecule has 0 spiro atoms. The predicted molar refractivity (Wildman–Crippen MR) is 133 cm³/mol. The molecular formula is C27H32F2N4O3. The first-order valence-electron chi connectivity index (χ1n) is 11.6. The number of nitrogens with zero attached hydrogens (tertiary/aromatic N) is 1. The summed E-state index contributed by atoms with van der Waals surface area (Å²) in [5.74, 6) is -2.46. The van der Waals surface area contributed by atoms with Crippen molar-refractivity contribution in [3.63, 3.8) is 0 Å². The molecule has 0 aliphatic rings. The molecule has 192 valence electrons. The van der Waals surface area contributed by atoms with Crippen LogP contribution < -0.4 is 10.6 Å². The molecular weight excluding hydrogens is 466 g/mol. The lowest BCUT2D eigenvalue weighted by atomic mass is 9.81. The fourth-order valence-corrected chi connectivity index (χ4v) is 3.69. The average molecular weight is 499 g/mol. The summed E-state index contributed by atoms with van der Waals surface area (Å²) in [4.78, 5) is 25.1. The fourth-order valence-electron chi connectivity index (χ4n) is 3.69. The van der Waals surface area contributed by atoms with Crippen LogP contribution in [0.15, 0.2) is 48.5 Å². The van der Waals surface area contributed by atoms with Crippen molar-refractivity contribution in [3.8, 4) is 0 Å². The first-order chi connectivity index (χ1) is 16.7. The molecule has 9 heteroatoms. The summed E-state index contributed by atoms with van der Waals surface area (Å²) < 4.78 is 27.4. The third kappa shape index (κ3) is 6.15. The van der Waals surface area contributed by atoms with Crippen molar-refractivity contribution in [1.82, 2.24) is 15.5 Å². The highest BCUT2D eigenvalue weighted by Gasteiger charge is 2.28. The monoisotopic (exact) mass is 498 g/mol. The lowest BCUT2D eigenvalue weighted by Crippen LogP contribution is -2.43. The number of carbonyl (C=O) groups excluding carboxylic acids is 2. The Labute approximate surface area is 209 Å². The molecule has 36 heavy (non-hydrogen) atoms. The molecule has 1 aromatic heterocycles. The number of halogens is 2. The second-order valence-electron chi connectivity index (χ2n) is 10.4. The highest BCUT2D eigenvalue weighted by Crippen LogP contribution is 2.32. The summed E-state index contributed by atoms with van der Waals surface area (Å²) in [6, 6.07) is 11.0. The normalized spacial score (nSPS) is 13.7. The van der Waals surface area contributed by atoms with E-state index < -0.39 is 41.0 Å². The minimum atomic E-state index is -1.43. The third-order valence-electron chi connectivity index (χ3n) is 6.18. The molecule has 2 atom stereocenters. The van der Waals surface area contributed by atoms with Crippen LogP contribution in [0, 0.1) is 11.6 Å². The Kier molecular flexibility index (Phi) is 7.64. The Hall–Kier alpha value is -3.59. The van der Waals surface area contributed by atoms with Gasteiger partial charge in [-0.3, -0.25) is 14.7 Å². The molecule has 3 aromatic rings. The summed E-state index contributed by atoms with van der Waals surface area (Å²) in [6.45, 7) is 11.2. The largest absolute Gasteiger partial charge is 0.378 e. The Morgan fingerprint density at radius 3 is 2.06 bits per heavy atom. The number of benzene rings is 2. The Bertz CT molecular complexity index is 1230. The number of aromatic nitrogens is 2. The molecule has 2 amide bonds. The maximum atomic E-state index is 13.7. The van der Waals surface area contributed by atoms with Crippen molar-refractivity contribution in [1.29, 1.82) is 0 Å². The number of aliphatic hydroxyl groups excluding tert-OH is 1. The first-order valence-corrected chi connectivity index (χ1v) is 11.6. The number of nitrogens with one attached hydrogen (secondary N) is 3. The average Bonchev–Trinajstić information content (AvgIpc) is 3.26. The summed E-state index contributed by atoms with van der Waals surface area (Å²) in [5.41, 5.74) is 1.51. The molecule has 0 saturated heterocycles. The predicted octanol–water partition coefficient (Wildman–Crippen LogP) is 4.49. The number of rotatable bonds is 7. The van der Waals surface area contributed by atoms with E-state index in [2.05, 4.69) is 41.6 Å². The number of carbonyl (C=O) groups is 2. The molecule has 4 N–H and O–H groups in total. The van der Waals surface area contributed by atoms with Gasteiger partial charge in [-0.2, -0.15) is 5.10 Å². The molecule has 0 unspecified atom stereocenters. The number of hydrogen-bond acceptors (Lipinski definition) is 4. The van der Waals surface area contributed by atoms with Crippen LogP contribution in [0.5, 0.6) is 0 Å². The summed E-state index contributed by atoms with van der Waals surface area (Å²) in [7, 11) is 0. The fraction of sp³-hybridized carbons (Fsp3) is 0.370. The molecule has 0 saturated carbocycles. The minimum Gasteiger partial charge on any atom is -0.378 e. The van der Waals surface area contributed by atoms with E-state index in [4.69, 9.17) is 0 Å². The van der Waals surface area contributed by atoms with Crippen LogP contribution in [0.2, 0.25) is 0 Å². The number of aliphatic hydroxyl groups is 1. The zero-order chi connectivity index (χ0) is 26.8. The van der Waals surface area contributed by atoms with Crippen molar-refractivity contribution in [2.75, 3.05) is 5.32 Å². The van der Waals surface area contributed by atoms with E-state index in [0.29, 0.717) is 16.8 Å². The van der Waals surface area contributed by atoms with Gasteiger partial charge in [-0.05, 0) is 41.2 Å². The molecule has 7 nitrogen and oxygen atoms in total. The highest BCUT2D eigenvalue weighted by atomic mass is 19.1. The van der Waals surface area contributed by atoms with Crippen molar-refractivity contribution >= 4 is 17.6 Å². The summed E-state index contributed by atoms with van der Waals surface area (Å²) >= 11 is 0. The highest BCUT2D eigenvalue weighted by molar-refractivity contribution is 5.97. The van der Waals surface area contributed by atoms with Gasteiger partial charge in [0.25, 0.3) is 5.91 Å². The Balaban J connectivity index is 1.63. The smallest absolute Gasteiger partial charge is 0.254 e. The number of anilines is 1. The topological polar surface area (TPSA) is 107 Å². The second kappa shape index (κ2) is 10.2. The maximum Gasteiger partial charge on any atom is 0.254 e. The van der Waals surface area contributed by atoms with Crippen LogP contribution in [0.4, 0.5) is 14.6 Å². The zero-order valence-corrected chi connectivity index (χ0v) is 21.2. The molecule has 3 rings (SSSR count). The molecule has 1 heterocycles. The van der Waals surface area contributed by atoms with Crippen molar-refractivity contribution in [2.24, 2.45) is 0 Å². The Morgan fingerprint density at radius 2 is 1.50 bits per heavy atom. The van der Waals surface area contributed by atoms with Gasteiger partial charge in [0.05, 0.1) is 0 Å². The number of hydrogen-bond donors (Lipinski definition) is 4. The van der Waals surface area contributed by atoms with Gasteiger partial charge in [0.15, 0.2) is 11.9 Å². The van der Waals surface area contributed by atoms with Gasteiger partial charge in [-0.1, -0.05) is 58.9 Å². The zero-order valence-electron chi connectivity index (χ0n) is 21.2. The number of H-pyrrole nitrogens is 1. The van der Waals surface area contributed by atoms with Gasteiger partial charge in [-0.15, -0.1) is 0 Å². The number of aromatic amines is 1. The summed E-state index contributed by atoms with van der Waals surface area (Å²) in [5, 5.41) is 22.4. The first kappa shape index (κ1) is 27.0. The molecule has 0 fully saturated rings. The van der Waals surface area contributed by atoms with E-state index in [1.807, 2.05) is 12.1 Å². The van der Waals surface area contributed by atoms with Crippen LogP contribution in [-0.2, 0) is 20.4 Å². The Morgan fingerprint density at radius 1 is 0.917 bits per heavy atom. The number of amides is 2.